The molecule has 1 aliphatic heterocycles. The highest BCUT2D eigenvalue weighted by molar-refractivity contribution is 5.74. The molecule has 0 aliphatic carbocycles. The van der Waals surface area contributed by atoms with Crippen molar-refractivity contribution in [3.63, 3.8) is 0 Å². The quantitative estimate of drug-likeness (QED) is 0.485. The molecule has 7 nitrogen and oxygen atoms in total. The lowest BCUT2D eigenvalue weighted by atomic mass is 10.2. The molecule has 5 rings (SSSR count). The van der Waals surface area contributed by atoms with Crippen LogP contribution >= 0.6 is 0 Å². The van der Waals surface area contributed by atoms with Gasteiger partial charge >= 0.3 is 0 Å². The Hall–Kier alpha value is -3.39. The minimum absolute atomic E-state index is 0.136. The van der Waals surface area contributed by atoms with E-state index in [0.717, 1.165) is 39.1 Å². The number of hydrogen-bond acceptors (Lipinski definition) is 5. The summed E-state index contributed by atoms with van der Waals surface area (Å²) in [5.41, 5.74) is 2.45. The van der Waals surface area contributed by atoms with Crippen molar-refractivity contribution >= 4 is 22.4 Å². The first-order chi connectivity index (χ1) is 15.2. The van der Waals surface area contributed by atoms with Crippen LogP contribution < -0.4 is 15.2 Å². The number of aromatic amines is 1. The number of rotatable bonds is 6. The van der Waals surface area contributed by atoms with Crippen LogP contribution in [0.2, 0.25) is 0 Å². The van der Waals surface area contributed by atoms with E-state index >= 15 is 0 Å². The number of benzene rings is 1. The van der Waals surface area contributed by atoms with Crippen LogP contribution in [0, 0.1) is 5.82 Å². The van der Waals surface area contributed by atoms with E-state index < -0.39 is 0 Å². The summed E-state index contributed by atoms with van der Waals surface area (Å²) in [6.45, 7) is 4.93. The zero-order valence-electron chi connectivity index (χ0n) is 17.1. The number of piperazine rings is 1. The number of ether oxygens (including phenoxy) is 1. The van der Waals surface area contributed by atoms with Gasteiger partial charge in [0.05, 0.1) is 17.8 Å². The predicted octanol–water partition coefficient (Wildman–Crippen LogP) is 2.91. The summed E-state index contributed by atoms with van der Waals surface area (Å²) >= 11 is 0. The van der Waals surface area contributed by atoms with E-state index in [1.165, 1.54) is 6.07 Å². The van der Waals surface area contributed by atoms with Gasteiger partial charge in [-0.05, 0) is 36.8 Å². The number of halogens is 1. The van der Waals surface area contributed by atoms with Crippen LogP contribution in [-0.2, 0) is 0 Å². The number of pyridine rings is 1. The molecule has 1 fully saturated rings. The molecular weight excluding hydrogens is 397 g/mol. The zero-order valence-corrected chi connectivity index (χ0v) is 17.1. The second-order valence-corrected chi connectivity index (χ2v) is 7.72. The summed E-state index contributed by atoms with van der Waals surface area (Å²) < 4.78 is 21.6. The van der Waals surface area contributed by atoms with Crippen molar-refractivity contribution in [2.45, 2.75) is 6.42 Å². The molecule has 0 atom stereocenters. The summed E-state index contributed by atoms with van der Waals surface area (Å²) in [7, 11) is 0. The number of nitrogens with zero attached hydrogens (tertiary/aromatic N) is 4. The molecule has 0 saturated carbocycles. The predicted molar refractivity (Wildman–Crippen MR) is 118 cm³/mol. The van der Waals surface area contributed by atoms with E-state index in [1.807, 2.05) is 30.5 Å². The molecule has 8 heteroatoms. The summed E-state index contributed by atoms with van der Waals surface area (Å²) in [5.74, 6) is 0.382. The number of nitrogens with one attached hydrogen (secondary N) is 1. The fourth-order valence-corrected chi connectivity index (χ4v) is 4.12. The average molecular weight is 421 g/mol. The van der Waals surface area contributed by atoms with E-state index in [9.17, 15) is 9.18 Å². The molecule has 0 bridgehead atoms. The molecule has 4 heterocycles. The minimum atomic E-state index is -0.159. The van der Waals surface area contributed by atoms with Crippen LogP contribution in [0.4, 0.5) is 10.1 Å². The van der Waals surface area contributed by atoms with Crippen LogP contribution in [-0.4, -0.2) is 58.6 Å². The molecule has 0 spiro atoms. The molecule has 31 heavy (non-hydrogen) atoms. The molecule has 0 amide bonds. The third-order valence-corrected chi connectivity index (χ3v) is 5.74. The largest absolute Gasteiger partial charge is 0.478 e. The SMILES string of the molecule is O=c1[nH]c2ccc(OCCCN3CCN(c4ccccc4F)CC3)nc2n2cccc12. The Balaban J connectivity index is 1.14. The highest BCUT2D eigenvalue weighted by atomic mass is 19.1. The fourth-order valence-electron chi connectivity index (χ4n) is 4.12. The van der Waals surface area contributed by atoms with Crippen LogP contribution in [0.25, 0.3) is 16.7 Å². The maximum absolute atomic E-state index is 14.0. The number of H-pyrrole nitrogens is 1. The highest BCUT2D eigenvalue weighted by Crippen LogP contribution is 2.20. The molecule has 3 aromatic heterocycles. The van der Waals surface area contributed by atoms with Crippen molar-refractivity contribution in [3.8, 4) is 5.88 Å². The van der Waals surface area contributed by atoms with Crippen LogP contribution in [0.3, 0.4) is 0 Å². The molecule has 0 radical (unpaired) electrons. The van der Waals surface area contributed by atoms with Crippen LogP contribution in [0.5, 0.6) is 5.88 Å². The third kappa shape index (κ3) is 3.98. The van der Waals surface area contributed by atoms with Crippen LogP contribution in [0.1, 0.15) is 6.42 Å². The zero-order chi connectivity index (χ0) is 21.2. The van der Waals surface area contributed by atoms with Crippen molar-refractivity contribution in [2.24, 2.45) is 0 Å². The maximum atomic E-state index is 14.0. The summed E-state index contributed by atoms with van der Waals surface area (Å²) in [6.07, 6.45) is 2.70. The first-order valence-corrected chi connectivity index (χ1v) is 10.5. The Kier molecular flexibility index (Phi) is 5.30. The Morgan fingerprint density at radius 2 is 1.87 bits per heavy atom. The molecule has 160 valence electrons. The van der Waals surface area contributed by atoms with Crippen molar-refractivity contribution in [3.05, 3.63) is 70.9 Å². The standard InChI is InChI=1S/C23H24FN5O2/c24-17-5-1-2-6-19(17)28-14-12-27(13-15-28)10-4-16-31-21-9-8-18-22(26-21)29-11-3-7-20(29)23(30)25-18/h1-3,5-9,11H,4,10,12-16H2,(H,25,30). The average Bonchev–Trinajstić information content (AvgIpc) is 3.29. The van der Waals surface area contributed by atoms with E-state index in [2.05, 4.69) is 19.8 Å². The van der Waals surface area contributed by atoms with Crippen molar-refractivity contribution in [2.75, 3.05) is 44.2 Å². The van der Waals surface area contributed by atoms with E-state index in [0.29, 0.717) is 34.9 Å². The van der Waals surface area contributed by atoms with Crippen molar-refractivity contribution < 1.29 is 9.13 Å². The summed E-state index contributed by atoms with van der Waals surface area (Å²) in [4.78, 5) is 24.0. The fraction of sp³-hybridized carbons (Fsp3) is 0.304. The normalized spacial score (nSPS) is 15.1. The monoisotopic (exact) mass is 421 g/mol. The van der Waals surface area contributed by atoms with Gasteiger partial charge in [0.2, 0.25) is 5.88 Å². The molecule has 1 N–H and O–H groups in total. The van der Waals surface area contributed by atoms with Crippen LogP contribution in [0.15, 0.2) is 59.5 Å². The van der Waals surface area contributed by atoms with Gasteiger partial charge in [-0.15, -0.1) is 0 Å². The van der Waals surface area contributed by atoms with Gasteiger partial charge in [-0.3, -0.25) is 14.1 Å². The van der Waals surface area contributed by atoms with Gasteiger partial charge in [0.25, 0.3) is 5.56 Å². The van der Waals surface area contributed by atoms with E-state index in [-0.39, 0.29) is 11.4 Å². The Labute approximate surface area is 178 Å². The second kappa shape index (κ2) is 8.39. The molecule has 0 unspecified atom stereocenters. The summed E-state index contributed by atoms with van der Waals surface area (Å²) in [5, 5.41) is 0. The Morgan fingerprint density at radius 3 is 2.71 bits per heavy atom. The molecule has 4 aromatic rings. The van der Waals surface area contributed by atoms with Gasteiger partial charge in [-0.1, -0.05) is 12.1 Å². The number of fused-ring (bicyclic) bond motifs is 3. The molecular formula is C23H24FN5O2. The molecule has 1 aliphatic rings. The lowest BCUT2D eigenvalue weighted by Crippen LogP contribution is -2.47. The lowest BCUT2D eigenvalue weighted by molar-refractivity contribution is 0.222. The first-order valence-electron chi connectivity index (χ1n) is 10.5. The van der Waals surface area contributed by atoms with Gasteiger partial charge in [-0.2, -0.15) is 4.98 Å². The Bertz CT molecular complexity index is 1260. The van der Waals surface area contributed by atoms with Gasteiger partial charge in [0.1, 0.15) is 11.3 Å². The number of anilines is 1. The molecule has 1 aromatic carbocycles. The maximum Gasteiger partial charge on any atom is 0.272 e. The number of para-hydroxylation sites is 1. The minimum Gasteiger partial charge on any atom is -0.478 e. The topological polar surface area (TPSA) is 65.9 Å². The van der Waals surface area contributed by atoms with E-state index in [1.54, 1.807) is 22.6 Å². The van der Waals surface area contributed by atoms with Gasteiger partial charge in [0.15, 0.2) is 5.65 Å². The Morgan fingerprint density at radius 1 is 1.03 bits per heavy atom. The highest BCUT2D eigenvalue weighted by Gasteiger charge is 2.18. The third-order valence-electron chi connectivity index (χ3n) is 5.74. The second-order valence-electron chi connectivity index (χ2n) is 7.72. The summed E-state index contributed by atoms with van der Waals surface area (Å²) in [6, 6.07) is 14.1. The van der Waals surface area contributed by atoms with Crippen molar-refractivity contribution in [1.29, 1.82) is 0 Å². The molecule has 1 saturated heterocycles. The number of hydrogen-bond donors (Lipinski definition) is 1. The number of aromatic nitrogens is 3. The van der Waals surface area contributed by atoms with Gasteiger partial charge in [0, 0.05) is 45.0 Å². The van der Waals surface area contributed by atoms with E-state index in [4.69, 9.17) is 4.74 Å². The smallest absolute Gasteiger partial charge is 0.272 e. The van der Waals surface area contributed by atoms with Gasteiger partial charge in [-0.25, -0.2) is 4.39 Å². The van der Waals surface area contributed by atoms with Crippen molar-refractivity contribution in [1.82, 2.24) is 19.3 Å². The lowest BCUT2D eigenvalue weighted by Gasteiger charge is -2.36. The van der Waals surface area contributed by atoms with Gasteiger partial charge < -0.3 is 14.6 Å². The first kappa shape index (κ1) is 19.6.